The number of amides is 2. The third kappa shape index (κ3) is 4.43. The Labute approximate surface area is 160 Å². The maximum Gasteiger partial charge on any atom is 0.306 e. The van der Waals surface area contributed by atoms with Gasteiger partial charge in [0, 0.05) is 19.0 Å². The number of halogens is 1. The lowest BCUT2D eigenvalue weighted by Gasteiger charge is -2.16. The molecule has 2 aromatic carbocycles. The summed E-state index contributed by atoms with van der Waals surface area (Å²) < 4.78 is 19.0. The first-order valence-corrected chi connectivity index (χ1v) is 8.65. The fourth-order valence-electron chi connectivity index (χ4n) is 2.95. The highest BCUT2D eigenvalue weighted by Gasteiger charge is 2.35. The summed E-state index contributed by atoms with van der Waals surface area (Å²) in [6.45, 7) is 0.637. The van der Waals surface area contributed by atoms with E-state index in [1.54, 1.807) is 12.1 Å². The smallest absolute Gasteiger partial charge is 0.306 e. The first kappa shape index (κ1) is 19.3. The second kappa shape index (κ2) is 8.47. The van der Waals surface area contributed by atoms with Crippen LogP contribution in [0.15, 0.2) is 48.5 Å². The van der Waals surface area contributed by atoms with Gasteiger partial charge in [0.25, 0.3) is 0 Å². The van der Waals surface area contributed by atoms with Crippen molar-refractivity contribution in [1.82, 2.24) is 5.32 Å². The summed E-state index contributed by atoms with van der Waals surface area (Å²) in [7, 11) is 0. The molecule has 1 saturated heterocycles. The number of nitro groups is 1. The van der Waals surface area contributed by atoms with Crippen LogP contribution in [0.4, 0.5) is 15.8 Å². The number of ether oxygens (including phenoxy) is 1. The normalized spacial score (nSPS) is 16.1. The molecule has 28 heavy (non-hydrogen) atoms. The molecule has 1 atom stereocenters. The van der Waals surface area contributed by atoms with Crippen LogP contribution in [-0.4, -0.2) is 36.4 Å². The van der Waals surface area contributed by atoms with Crippen molar-refractivity contribution in [2.45, 2.75) is 6.42 Å². The van der Waals surface area contributed by atoms with Crippen LogP contribution in [0.3, 0.4) is 0 Å². The number of para-hydroxylation sites is 1. The molecule has 0 radical (unpaired) electrons. The van der Waals surface area contributed by atoms with Crippen LogP contribution in [0.1, 0.15) is 6.42 Å². The molecule has 1 unspecified atom stereocenters. The highest BCUT2D eigenvalue weighted by atomic mass is 19.1. The number of anilines is 1. The SMILES string of the molecule is O=C(NCCOc1ccccc1)C1CC(=O)N(c2ccc(F)c([N+](=O)[O-])c2)C1. The Balaban J connectivity index is 1.54. The van der Waals surface area contributed by atoms with Crippen LogP contribution in [-0.2, 0) is 9.59 Å². The molecule has 1 N–H and O–H groups in total. The quantitative estimate of drug-likeness (QED) is 0.446. The molecule has 0 aromatic heterocycles. The molecule has 146 valence electrons. The van der Waals surface area contributed by atoms with Gasteiger partial charge in [-0.15, -0.1) is 0 Å². The van der Waals surface area contributed by atoms with Gasteiger partial charge in [0.15, 0.2) is 0 Å². The molecule has 1 heterocycles. The Kier molecular flexibility index (Phi) is 5.83. The minimum absolute atomic E-state index is 0.0173. The van der Waals surface area contributed by atoms with Crippen molar-refractivity contribution in [1.29, 1.82) is 0 Å². The Morgan fingerprint density at radius 3 is 2.75 bits per heavy atom. The number of hydrogen-bond acceptors (Lipinski definition) is 5. The zero-order chi connectivity index (χ0) is 20.1. The molecule has 2 amide bonds. The van der Waals surface area contributed by atoms with Crippen LogP contribution >= 0.6 is 0 Å². The van der Waals surface area contributed by atoms with Gasteiger partial charge in [-0.25, -0.2) is 0 Å². The summed E-state index contributed by atoms with van der Waals surface area (Å²) in [4.78, 5) is 35.8. The predicted molar refractivity (Wildman–Crippen MR) is 98.5 cm³/mol. The van der Waals surface area contributed by atoms with Gasteiger partial charge < -0.3 is 15.0 Å². The number of nitrogens with one attached hydrogen (secondary N) is 1. The van der Waals surface area contributed by atoms with Crippen LogP contribution < -0.4 is 15.0 Å². The van der Waals surface area contributed by atoms with E-state index in [0.29, 0.717) is 5.75 Å². The van der Waals surface area contributed by atoms with Crippen molar-refractivity contribution in [3.8, 4) is 5.75 Å². The Bertz CT molecular complexity index is 890. The van der Waals surface area contributed by atoms with Crippen LogP contribution in [0, 0.1) is 21.8 Å². The van der Waals surface area contributed by atoms with Crippen LogP contribution in [0.25, 0.3) is 0 Å². The maximum absolute atomic E-state index is 13.5. The molecule has 0 bridgehead atoms. The van der Waals surface area contributed by atoms with E-state index in [9.17, 15) is 24.1 Å². The molecule has 0 spiro atoms. The van der Waals surface area contributed by atoms with Crippen molar-refractivity contribution in [2.75, 3.05) is 24.6 Å². The summed E-state index contributed by atoms with van der Waals surface area (Å²) >= 11 is 0. The molecule has 0 aliphatic carbocycles. The van der Waals surface area contributed by atoms with Crippen molar-refractivity contribution >= 4 is 23.2 Å². The summed E-state index contributed by atoms with van der Waals surface area (Å²) in [5.74, 6) is -1.52. The molecule has 1 aliphatic heterocycles. The number of nitrogens with zero attached hydrogens (tertiary/aromatic N) is 2. The number of carbonyl (C=O) groups is 2. The first-order chi connectivity index (χ1) is 13.5. The van der Waals surface area contributed by atoms with E-state index in [-0.39, 0.29) is 43.6 Å². The monoisotopic (exact) mass is 387 g/mol. The van der Waals surface area contributed by atoms with Crippen molar-refractivity contribution < 1.29 is 23.6 Å². The van der Waals surface area contributed by atoms with E-state index in [2.05, 4.69) is 5.32 Å². The van der Waals surface area contributed by atoms with Crippen molar-refractivity contribution in [2.24, 2.45) is 5.92 Å². The van der Waals surface area contributed by atoms with Crippen molar-refractivity contribution in [3.63, 3.8) is 0 Å². The van der Waals surface area contributed by atoms with Crippen LogP contribution in [0.5, 0.6) is 5.75 Å². The van der Waals surface area contributed by atoms with E-state index >= 15 is 0 Å². The first-order valence-electron chi connectivity index (χ1n) is 8.65. The zero-order valence-electron chi connectivity index (χ0n) is 14.8. The Hall–Kier alpha value is -3.49. The molecule has 9 heteroatoms. The maximum atomic E-state index is 13.5. The Morgan fingerprint density at radius 2 is 2.04 bits per heavy atom. The van der Waals surface area contributed by atoms with Gasteiger partial charge in [0.1, 0.15) is 12.4 Å². The van der Waals surface area contributed by atoms with E-state index in [0.717, 1.165) is 12.1 Å². The van der Waals surface area contributed by atoms with E-state index < -0.39 is 22.3 Å². The summed E-state index contributed by atoms with van der Waals surface area (Å²) in [5, 5.41) is 13.6. The molecular formula is C19H18FN3O5. The highest BCUT2D eigenvalue weighted by molar-refractivity contribution is 6.00. The lowest BCUT2D eigenvalue weighted by atomic mass is 10.1. The lowest BCUT2D eigenvalue weighted by molar-refractivity contribution is -0.387. The zero-order valence-corrected chi connectivity index (χ0v) is 14.8. The number of rotatable bonds is 7. The standard InChI is InChI=1S/C19H18FN3O5/c20-16-7-6-14(11-17(16)23(26)27)22-12-13(10-18(22)24)19(25)21-8-9-28-15-4-2-1-3-5-15/h1-7,11,13H,8-10,12H2,(H,21,25). The van der Waals surface area contributed by atoms with Gasteiger partial charge in [-0.05, 0) is 24.3 Å². The lowest BCUT2D eigenvalue weighted by Crippen LogP contribution is -2.35. The fraction of sp³-hybridized carbons (Fsp3) is 0.263. The number of carbonyl (C=O) groups excluding carboxylic acids is 2. The number of benzene rings is 2. The average molecular weight is 387 g/mol. The molecule has 1 fully saturated rings. The molecule has 8 nitrogen and oxygen atoms in total. The van der Waals surface area contributed by atoms with Gasteiger partial charge in [-0.3, -0.25) is 19.7 Å². The second-order valence-electron chi connectivity index (χ2n) is 6.25. The second-order valence-corrected chi connectivity index (χ2v) is 6.25. The van der Waals surface area contributed by atoms with Gasteiger partial charge >= 0.3 is 5.69 Å². The minimum atomic E-state index is -0.979. The number of nitro benzene ring substituents is 1. The topological polar surface area (TPSA) is 102 Å². The van der Waals surface area contributed by atoms with Gasteiger partial charge in [0.2, 0.25) is 17.6 Å². The van der Waals surface area contributed by atoms with E-state index in [4.69, 9.17) is 4.74 Å². The summed E-state index contributed by atoms with van der Waals surface area (Å²) in [6, 6.07) is 12.4. The third-order valence-corrected chi connectivity index (χ3v) is 4.35. The predicted octanol–water partition coefficient (Wildman–Crippen LogP) is 2.28. The van der Waals surface area contributed by atoms with Gasteiger partial charge in [-0.1, -0.05) is 18.2 Å². The van der Waals surface area contributed by atoms with Crippen molar-refractivity contribution in [3.05, 3.63) is 64.5 Å². The van der Waals surface area contributed by atoms with E-state index in [1.165, 1.54) is 11.0 Å². The Morgan fingerprint density at radius 1 is 1.29 bits per heavy atom. The molecular weight excluding hydrogens is 369 g/mol. The minimum Gasteiger partial charge on any atom is -0.492 e. The average Bonchev–Trinajstić information content (AvgIpc) is 3.08. The highest BCUT2D eigenvalue weighted by Crippen LogP contribution is 2.29. The van der Waals surface area contributed by atoms with Gasteiger partial charge in [-0.2, -0.15) is 4.39 Å². The fourth-order valence-corrected chi connectivity index (χ4v) is 2.95. The molecule has 0 saturated carbocycles. The molecule has 3 rings (SSSR count). The van der Waals surface area contributed by atoms with Crippen LogP contribution in [0.2, 0.25) is 0 Å². The third-order valence-electron chi connectivity index (χ3n) is 4.35. The van der Waals surface area contributed by atoms with Gasteiger partial charge in [0.05, 0.1) is 23.1 Å². The largest absolute Gasteiger partial charge is 0.492 e. The summed E-state index contributed by atoms with van der Waals surface area (Å²) in [5.41, 5.74) is -0.517. The molecule has 1 aliphatic rings. The van der Waals surface area contributed by atoms with E-state index in [1.807, 2.05) is 18.2 Å². The molecule has 2 aromatic rings. The summed E-state index contributed by atoms with van der Waals surface area (Å²) in [6.07, 6.45) is -0.0173. The number of hydrogen-bond donors (Lipinski definition) is 1.